The van der Waals surface area contributed by atoms with Gasteiger partial charge < -0.3 is 9.84 Å². The number of carbonyl (C=O) groups is 1. The summed E-state index contributed by atoms with van der Waals surface area (Å²) in [6.07, 6.45) is 3.38. The van der Waals surface area contributed by atoms with Crippen molar-refractivity contribution in [3.63, 3.8) is 0 Å². The first-order valence-electron chi connectivity index (χ1n) is 8.43. The molecule has 0 aliphatic heterocycles. The summed E-state index contributed by atoms with van der Waals surface area (Å²) in [4.78, 5) is 13.3. The van der Waals surface area contributed by atoms with Gasteiger partial charge in [-0.1, -0.05) is 11.2 Å². The molecule has 0 saturated heterocycles. The molecule has 4 aromatic rings. The van der Waals surface area contributed by atoms with Crippen molar-refractivity contribution in [2.24, 2.45) is 7.05 Å². The summed E-state index contributed by atoms with van der Waals surface area (Å²) in [5.74, 6) is 0.520. The zero-order valence-corrected chi connectivity index (χ0v) is 15.7. The normalized spacial score (nSPS) is 11.0. The van der Waals surface area contributed by atoms with Gasteiger partial charge in [0.15, 0.2) is 5.76 Å². The molecule has 0 saturated carbocycles. The van der Waals surface area contributed by atoms with Crippen LogP contribution in [0.4, 0.5) is 0 Å². The lowest BCUT2D eigenvalue weighted by atomic mass is 10.1. The second-order valence-electron chi connectivity index (χ2n) is 6.04. The van der Waals surface area contributed by atoms with E-state index in [1.807, 2.05) is 35.2 Å². The third-order valence-electron chi connectivity index (χ3n) is 4.15. The summed E-state index contributed by atoms with van der Waals surface area (Å²) < 4.78 is 8.85. The van der Waals surface area contributed by atoms with Crippen LogP contribution >= 0.6 is 11.3 Å². The van der Waals surface area contributed by atoms with Gasteiger partial charge in [0.1, 0.15) is 5.69 Å². The lowest BCUT2D eigenvalue weighted by molar-refractivity contribution is 0.0942. The van der Waals surface area contributed by atoms with Crippen LogP contribution in [0.2, 0.25) is 0 Å². The van der Waals surface area contributed by atoms with Crippen LogP contribution in [-0.4, -0.2) is 37.2 Å². The molecule has 4 heterocycles. The molecule has 138 valence electrons. The fourth-order valence-electron chi connectivity index (χ4n) is 2.86. The molecule has 8 nitrogen and oxygen atoms in total. The summed E-state index contributed by atoms with van der Waals surface area (Å²) in [6, 6.07) is 7.61. The van der Waals surface area contributed by atoms with E-state index < -0.39 is 0 Å². The van der Waals surface area contributed by atoms with Gasteiger partial charge in [-0.3, -0.25) is 14.2 Å². The van der Waals surface area contributed by atoms with E-state index in [2.05, 4.69) is 20.7 Å². The monoisotopic (exact) mass is 382 g/mol. The van der Waals surface area contributed by atoms with Crippen molar-refractivity contribution >= 4 is 17.2 Å². The second kappa shape index (κ2) is 7.20. The predicted octanol–water partition coefficient (Wildman–Crippen LogP) is 2.74. The minimum atomic E-state index is -0.161. The Morgan fingerprint density at radius 3 is 2.89 bits per heavy atom. The largest absolute Gasteiger partial charge is 0.356 e. The van der Waals surface area contributed by atoms with Crippen LogP contribution in [0, 0.1) is 6.92 Å². The van der Waals surface area contributed by atoms with Crippen LogP contribution in [0.25, 0.3) is 21.9 Å². The van der Waals surface area contributed by atoms with Crippen LogP contribution in [0.5, 0.6) is 0 Å². The first-order chi connectivity index (χ1) is 13.1. The van der Waals surface area contributed by atoms with Gasteiger partial charge in [-0.2, -0.15) is 10.2 Å². The number of carbonyl (C=O) groups excluding carboxylic acids is 1. The molecule has 27 heavy (non-hydrogen) atoms. The van der Waals surface area contributed by atoms with E-state index in [9.17, 15) is 4.79 Å². The lowest BCUT2D eigenvalue weighted by Crippen LogP contribution is -2.29. The number of nitrogens with one attached hydrogen (secondary N) is 1. The molecule has 1 N–H and O–H groups in total. The Kier molecular flexibility index (Phi) is 4.59. The van der Waals surface area contributed by atoms with Crippen molar-refractivity contribution in [1.82, 2.24) is 30.0 Å². The molecule has 0 bridgehead atoms. The zero-order chi connectivity index (χ0) is 18.8. The molecule has 9 heteroatoms. The summed E-state index contributed by atoms with van der Waals surface area (Å²) in [7, 11) is 1.74. The van der Waals surface area contributed by atoms with E-state index in [1.54, 1.807) is 41.5 Å². The van der Waals surface area contributed by atoms with E-state index in [1.165, 1.54) is 0 Å². The minimum Gasteiger partial charge on any atom is -0.356 e. The Morgan fingerprint density at radius 1 is 1.33 bits per heavy atom. The number of hydrogen-bond donors (Lipinski definition) is 1. The molecule has 0 aromatic carbocycles. The minimum absolute atomic E-state index is 0.161. The third kappa shape index (κ3) is 3.41. The maximum Gasteiger partial charge on any atom is 0.269 e. The SMILES string of the molecule is Cc1cc(-c2cnn(CCNC(=O)c3ccnn3C)c2-c2cccs2)on1. The summed E-state index contributed by atoms with van der Waals surface area (Å²) >= 11 is 1.63. The van der Waals surface area contributed by atoms with E-state index >= 15 is 0 Å². The number of aromatic nitrogens is 5. The molecule has 4 rings (SSSR count). The van der Waals surface area contributed by atoms with Crippen molar-refractivity contribution in [3.05, 3.63) is 53.4 Å². The van der Waals surface area contributed by atoms with Crippen molar-refractivity contribution in [2.75, 3.05) is 6.54 Å². The van der Waals surface area contributed by atoms with Crippen LogP contribution < -0.4 is 5.32 Å². The molecule has 0 atom stereocenters. The number of rotatable bonds is 6. The molecule has 0 radical (unpaired) electrons. The molecule has 0 unspecified atom stereocenters. The molecule has 1 amide bonds. The maximum absolute atomic E-state index is 12.2. The van der Waals surface area contributed by atoms with Crippen LogP contribution in [-0.2, 0) is 13.6 Å². The van der Waals surface area contributed by atoms with Crippen LogP contribution in [0.1, 0.15) is 16.2 Å². The van der Waals surface area contributed by atoms with Crippen molar-refractivity contribution < 1.29 is 9.32 Å². The molecular formula is C18H18N6O2S. The third-order valence-corrected chi connectivity index (χ3v) is 5.03. The molecule has 0 aliphatic carbocycles. The number of hydrogen-bond acceptors (Lipinski definition) is 6. The summed E-state index contributed by atoms with van der Waals surface area (Å²) in [5.41, 5.74) is 3.18. The Labute approximate surface area is 159 Å². The highest BCUT2D eigenvalue weighted by molar-refractivity contribution is 7.13. The fourth-order valence-corrected chi connectivity index (χ4v) is 3.65. The van der Waals surface area contributed by atoms with Crippen molar-refractivity contribution in [3.8, 4) is 21.9 Å². The van der Waals surface area contributed by atoms with Crippen molar-refractivity contribution in [2.45, 2.75) is 13.5 Å². The van der Waals surface area contributed by atoms with E-state index in [0.29, 0.717) is 24.5 Å². The number of thiophene rings is 1. The van der Waals surface area contributed by atoms with E-state index in [0.717, 1.165) is 21.8 Å². The highest BCUT2D eigenvalue weighted by atomic mass is 32.1. The molecule has 4 aromatic heterocycles. The lowest BCUT2D eigenvalue weighted by Gasteiger charge is -2.09. The first kappa shape index (κ1) is 17.2. The Balaban J connectivity index is 1.55. The van der Waals surface area contributed by atoms with Crippen LogP contribution in [0.15, 0.2) is 46.6 Å². The maximum atomic E-state index is 12.2. The number of nitrogens with zero attached hydrogens (tertiary/aromatic N) is 5. The van der Waals surface area contributed by atoms with Crippen molar-refractivity contribution in [1.29, 1.82) is 0 Å². The van der Waals surface area contributed by atoms with E-state index in [-0.39, 0.29) is 5.91 Å². The predicted molar refractivity (Wildman–Crippen MR) is 101 cm³/mol. The average molecular weight is 382 g/mol. The standard InChI is InChI=1S/C18H18N6O2S/c1-12-10-15(26-22-12)13-11-21-24(17(13)16-4-3-9-27-16)8-7-19-18(25)14-5-6-20-23(14)2/h3-6,9-11H,7-8H2,1-2H3,(H,19,25). The van der Waals surface area contributed by atoms with E-state index in [4.69, 9.17) is 4.52 Å². The van der Waals surface area contributed by atoms with Gasteiger partial charge in [0.25, 0.3) is 5.91 Å². The van der Waals surface area contributed by atoms with Gasteiger partial charge in [0.05, 0.1) is 34.6 Å². The summed E-state index contributed by atoms with van der Waals surface area (Å²) in [6.45, 7) is 2.86. The molecule has 0 fully saturated rings. The van der Waals surface area contributed by atoms with Gasteiger partial charge in [-0.25, -0.2) is 0 Å². The smallest absolute Gasteiger partial charge is 0.269 e. The molecular weight excluding hydrogens is 364 g/mol. The quantitative estimate of drug-likeness (QED) is 0.554. The summed E-state index contributed by atoms with van der Waals surface area (Å²) in [5, 5.41) is 17.4. The topological polar surface area (TPSA) is 90.8 Å². The van der Waals surface area contributed by atoms with Gasteiger partial charge in [0, 0.05) is 25.9 Å². The highest BCUT2D eigenvalue weighted by Gasteiger charge is 2.19. The fraction of sp³-hybridized carbons (Fsp3) is 0.222. The molecule has 0 aliphatic rings. The van der Waals surface area contributed by atoms with Gasteiger partial charge >= 0.3 is 0 Å². The Morgan fingerprint density at radius 2 is 2.22 bits per heavy atom. The zero-order valence-electron chi connectivity index (χ0n) is 14.9. The Hall–Kier alpha value is -3.20. The number of amides is 1. The Bertz CT molecular complexity index is 1060. The van der Waals surface area contributed by atoms with Crippen LogP contribution in [0.3, 0.4) is 0 Å². The van der Waals surface area contributed by atoms with Gasteiger partial charge in [0.2, 0.25) is 0 Å². The highest BCUT2D eigenvalue weighted by Crippen LogP contribution is 2.34. The average Bonchev–Trinajstić information content (AvgIpc) is 3.40. The second-order valence-corrected chi connectivity index (χ2v) is 6.98. The van der Waals surface area contributed by atoms with Gasteiger partial charge in [-0.15, -0.1) is 11.3 Å². The van der Waals surface area contributed by atoms with Gasteiger partial charge in [-0.05, 0) is 24.4 Å². The first-order valence-corrected chi connectivity index (χ1v) is 9.31. The molecule has 0 spiro atoms. The number of aryl methyl sites for hydroxylation is 2.